The topological polar surface area (TPSA) is 26.0 Å². The summed E-state index contributed by atoms with van der Waals surface area (Å²) in [5, 5.41) is 0. The van der Waals surface area contributed by atoms with Crippen LogP contribution in [0.2, 0.25) is 0 Å². The third-order valence-electron chi connectivity index (χ3n) is 5.94. The first-order valence-electron chi connectivity index (χ1n) is 12.1. The maximum Gasteiger partial charge on any atom is 0.0352 e. The van der Waals surface area contributed by atoms with Crippen LogP contribution in [0.3, 0.4) is 0 Å². The number of hydrogen-bond acceptors (Lipinski definition) is 1. The van der Waals surface area contributed by atoms with E-state index in [-0.39, 0.29) is 0 Å². The first-order chi connectivity index (χ1) is 13.2. The summed E-state index contributed by atoms with van der Waals surface area (Å²) in [6, 6.07) is 2.36. The van der Waals surface area contributed by atoms with Gasteiger partial charge in [0.1, 0.15) is 0 Å². The quantitative estimate of drug-likeness (QED) is 0.229. The van der Waals surface area contributed by atoms with Crippen LogP contribution in [-0.2, 0) is 25.7 Å². The molecule has 0 spiro atoms. The fourth-order valence-electron chi connectivity index (χ4n) is 4.26. The summed E-state index contributed by atoms with van der Waals surface area (Å²) in [7, 11) is 0. The number of unbranched alkanes of at least 4 members (excludes halogenated alkanes) is 8. The van der Waals surface area contributed by atoms with Crippen LogP contribution in [0, 0.1) is 0 Å². The number of nitrogen functional groups attached to an aromatic ring is 1. The minimum Gasteiger partial charge on any atom is -0.398 e. The first-order valence-corrected chi connectivity index (χ1v) is 12.1. The Morgan fingerprint density at radius 2 is 0.926 bits per heavy atom. The molecule has 0 aliphatic carbocycles. The molecule has 0 saturated heterocycles. The molecule has 0 heterocycles. The zero-order valence-electron chi connectivity index (χ0n) is 19.0. The number of rotatable bonds is 16. The van der Waals surface area contributed by atoms with Crippen molar-refractivity contribution in [2.24, 2.45) is 0 Å². The average Bonchev–Trinajstić information content (AvgIpc) is 2.66. The van der Waals surface area contributed by atoms with Crippen molar-refractivity contribution in [3.8, 4) is 0 Å². The van der Waals surface area contributed by atoms with Gasteiger partial charge in [-0.05, 0) is 79.7 Å². The van der Waals surface area contributed by atoms with Crippen LogP contribution in [0.4, 0.5) is 5.69 Å². The first kappa shape index (κ1) is 24.1. The maximum atomic E-state index is 6.64. The van der Waals surface area contributed by atoms with E-state index in [0.29, 0.717) is 0 Å². The van der Waals surface area contributed by atoms with Gasteiger partial charge in [0.2, 0.25) is 0 Å². The molecule has 1 rings (SSSR count). The lowest BCUT2D eigenvalue weighted by molar-refractivity contribution is 0.667. The molecule has 0 fully saturated rings. The van der Waals surface area contributed by atoms with Crippen LogP contribution < -0.4 is 5.73 Å². The molecule has 27 heavy (non-hydrogen) atoms. The van der Waals surface area contributed by atoms with Crippen molar-refractivity contribution < 1.29 is 0 Å². The molecule has 0 atom stereocenters. The van der Waals surface area contributed by atoms with Gasteiger partial charge in [-0.3, -0.25) is 0 Å². The van der Waals surface area contributed by atoms with Gasteiger partial charge >= 0.3 is 0 Å². The summed E-state index contributed by atoms with van der Waals surface area (Å²) in [6.45, 7) is 9.20. The van der Waals surface area contributed by atoms with Gasteiger partial charge < -0.3 is 5.73 Å². The van der Waals surface area contributed by atoms with Crippen molar-refractivity contribution in [2.45, 2.75) is 130 Å². The zero-order chi connectivity index (χ0) is 19.9. The van der Waals surface area contributed by atoms with Crippen molar-refractivity contribution in [3.05, 3.63) is 28.3 Å². The Morgan fingerprint density at radius 3 is 1.41 bits per heavy atom. The number of aryl methyl sites for hydroxylation is 1. The van der Waals surface area contributed by atoms with Crippen molar-refractivity contribution in [2.75, 3.05) is 5.73 Å². The SMILES string of the molecule is CCCCCc1cc(N)c(CCCCC)c(CCCCC)c1CCCCC. The Balaban J connectivity index is 3.19. The Bertz CT molecular complexity index is 503. The molecule has 0 amide bonds. The van der Waals surface area contributed by atoms with E-state index in [9.17, 15) is 0 Å². The molecule has 0 saturated carbocycles. The van der Waals surface area contributed by atoms with Crippen LogP contribution in [-0.4, -0.2) is 0 Å². The van der Waals surface area contributed by atoms with Gasteiger partial charge in [-0.15, -0.1) is 0 Å². The number of hydrogen-bond donors (Lipinski definition) is 1. The second kappa shape index (κ2) is 15.0. The van der Waals surface area contributed by atoms with E-state index in [4.69, 9.17) is 5.73 Å². The molecular formula is C26H47N. The zero-order valence-corrected chi connectivity index (χ0v) is 19.0. The van der Waals surface area contributed by atoms with E-state index in [1.165, 1.54) is 108 Å². The Labute approximate surface area is 170 Å². The van der Waals surface area contributed by atoms with Crippen LogP contribution in [0.25, 0.3) is 0 Å². The summed E-state index contributed by atoms with van der Waals surface area (Å²) >= 11 is 0. The van der Waals surface area contributed by atoms with Gasteiger partial charge in [-0.25, -0.2) is 0 Å². The van der Waals surface area contributed by atoms with Crippen molar-refractivity contribution in [1.82, 2.24) is 0 Å². The molecule has 0 radical (unpaired) electrons. The van der Waals surface area contributed by atoms with Crippen LogP contribution in [0.15, 0.2) is 6.07 Å². The molecule has 0 unspecified atom stereocenters. The average molecular weight is 374 g/mol. The number of benzene rings is 1. The molecule has 156 valence electrons. The summed E-state index contributed by atoms with van der Waals surface area (Å²) in [5.74, 6) is 0. The van der Waals surface area contributed by atoms with Gasteiger partial charge in [0.25, 0.3) is 0 Å². The fraction of sp³-hybridized carbons (Fsp3) is 0.769. The number of nitrogens with two attached hydrogens (primary N) is 1. The highest BCUT2D eigenvalue weighted by Gasteiger charge is 2.16. The van der Waals surface area contributed by atoms with Gasteiger partial charge in [0, 0.05) is 5.69 Å². The predicted molar refractivity (Wildman–Crippen MR) is 124 cm³/mol. The van der Waals surface area contributed by atoms with E-state index in [0.717, 1.165) is 5.69 Å². The minimum absolute atomic E-state index is 1.09. The lowest BCUT2D eigenvalue weighted by Gasteiger charge is -2.22. The highest BCUT2D eigenvalue weighted by molar-refractivity contribution is 5.58. The minimum atomic E-state index is 1.09. The second-order valence-corrected chi connectivity index (χ2v) is 8.39. The van der Waals surface area contributed by atoms with E-state index in [1.54, 1.807) is 16.7 Å². The summed E-state index contributed by atoms with van der Waals surface area (Å²) in [5.41, 5.74) is 14.1. The molecule has 1 heteroatoms. The third kappa shape index (κ3) is 8.71. The second-order valence-electron chi connectivity index (χ2n) is 8.39. The van der Waals surface area contributed by atoms with Crippen molar-refractivity contribution in [1.29, 1.82) is 0 Å². The Hall–Kier alpha value is -0.980. The molecular weight excluding hydrogens is 326 g/mol. The van der Waals surface area contributed by atoms with Gasteiger partial charge in [-0.2, -0.15) is 0 Å². The van der Waals surface area contributed by atoms with Gasteiger partial charge in [0.05, 0.1) is 0 Å². The Kier molecular flexibility index (Phi) is 13.4. The molecule has 2 N–H and O–H groups in total. The molecule has 0 bridgehead atoms. The summed E-state index contributed by atoms with van der Waals surface area (Å²) < 4.78 is 0. The fourth-order valence-corrected chi connectivity index (χ4v) is 4.26. The van der Waals surface area contributed by atoms with E-state index in [1.807, 2.05) is 0 Å². The third-order valence-corrected chi connectivity index (χ3v) is 5.94. The molecule has 0 aliphatic heterocycles. The molecule has 0 aliphatic rings. The predicted octanol–water partition coefficient (Wildman–Crippen LogP) is 8.20. The normalized spacial score (nSPS) is 11.3. The van der Waals surface area contributed by atoms with Gasteiger partial charge in [-0.1, -0.05) is 79.1 Å². The smallest absolute Gasteiger partial charge is 0.0352 e. The standard InChI is InChI=1S/C26H47N/c1-5-9-13-17-22-21-26(27)25(20-16-12-8-4)24(19-15-11-7-3)23(22)18-14-10-6-2/h21H,5-20,27H2,1-4H3. The lowest BCUT2D eigenvalue weighted by atomic mass is 9.84. The van der Waals surface area contributed by atoms with E-state index >= 15 is 0 Å². The van der Waals surface area contributed by atoms with Crippen molar-refractivity contribution >= 4 is 5.69 Å². The highest BCUT2D eigenvalue weighted by Crippen LogP contribution is 2.31. The molecule has 1 aromatic rings. The highest BCUT2D eigenvalue weighted by atomic mass is 14.6. The Morgan fingerprint density at radius 1 is 0.519 bits per heavy atom. The lowest BCUT2D eigenvalue weighted by Crippen LogP contribution is -2.10. The maximum absolute atomic E-state index is 6.64. The van der Waals surface area contributed by atoms with Crippen LogP contribution in [0.1, 0.15) is 127 Å². The van der Waals surface area contributed by atoms with Crippen LogP contribution in [0.5, 0.6) is 0 Å². The van der Waals surface area contributed by atoms with E-state index in [2.05, 4.69) is 33.8 Å². The van der Waals surface area contributed by atoms with Crippen LogP contribution >= 0.6 is 0 Å². The van der Waals surface area contributed by atoms with E-state index < -0.39 is 0 Å². The summed E-state index contributed by atoms with van der Waals surface area (Å²) in [6.07, 6.45) is 20.6. The molecule has 1 nitrogen and oxygen atoms in total. The largest absolute Gasteiger partial charge is 0.398 e. The molecule has 0 aromatic heterocycles. The van der Waals surface area contributed by atoms with Gasteiger partial charge in [0.15, 0.2) is 0 Å². The number of anilines is 1. The summed E-state index contributed by atoms with van der Waals surface area (Å²) in [4.78, 5) is 0. The monoisotopic (exact) mass is 373 g/mol. The molecule has 1 aromatic carbocycles. The van der Waals surface area contributed by atoms with Crippen molar-refractivity contribution in [3.63, 3.8) is 0 Å².